The Morgan fingerprint density at radius 1 is 1.17 bits per heavy atom. The summed E-state index contributed by atoms with van der Waals surface area (Å²) < 4.78 is 51.4. The minimum absolute atomic E-state index is 0.0320. The summed E-state index contributed by atoms with van der Waals surface area (Å²) >= 11 is 0. The molecule has 2 aromatic rings. The Kier molecular flexibility index (Phi) is 2.60. The molecule has 0 aliphatic carbocycles. The van der Waals surface area contributed by atoms with E-state index in [2.05, 4.69) is 10.2 Å². The molecule has 0 bridgehead atoms. The summed E-state index contributed by atoms with van der Waals surface area (Å²) in [6.07, 6.45) is -4.80. The van der Waals surface area contributed by atoms with Crippen LogP contribution in [0.1, 0.15) is 5.56 Å². The minimum Gasteiger partial charge on any atom is -0.366 e. The maximum Gasteiger partial charge on any atom is 0.419 e. The van der Waals surface area contributed by atoms with Gasteiger partial charge >= 0.3 is 6.18 Å². The van der Waals surface area contributed by atoms with Gasteiger partial charge in [0.1, 0.15) is 5.82 Å². The van der Waals surface area contributed by atoms with Gasteiger partial charge in [-0.3, -0.25) is 0 Å². The molecule has 0 spiro atoms. The first-order valence-corrected chi connectivity index (χ1v) is 4.64. The Morgan fingerprint density at radius 2 is 1.83 bits per heavy atom. The summed E-state index contributed by atoms with van der Waals surface area (Å²) in [7, 11) is 0. The minimum atomic E-state index is -4.80. The van der Waals surface area contributed by atoms with Crippen molar-refractivity contribution in [3.8, 4) is 11.4 Å². The quantitative estimate of drug-likeness (QED) is 0.600. The molecule has 0 fully saturated rings. The third-order valence-electron chi connectivity index (χ3n) is 2.25. The molecule has 1 aromatic carbocycles. The van der Waals surface area contributed by atoms with Gasteiger partial charge in [0.25, 0.3) is 0 Å². The van der Waals surface area contributed by atoms with E-state index in [0.29, 0.717) is 12.1 Å². The Hall–Kier alpha value is -2.32. The van der Waals surface area contributed by atoms with Crippen molar-refractivity contribution in [2.45, 2.75) is 6.18 Å². The van der Waals surface area contributed by atoms with Crippen LogP contribution in [0.3, 0.4) is 0 Å². The normalized spacial score (nSPS) is 11.8. The van der Waals surface area contributed by atoms with E-state index in [1.807, 2.05) is 0 Å². The molecule has 0 aliphatic rings. The van der Waals surface area contributed by atoms with Gasteiger partial charge in [-0.25, -0.2) is 9.07 Å². The highest BCUT2D eigenvalue weighted by Crippen LogP contribution is 2.33. The number of hydrogen-bond donors (Lipinski definition) is 2. The number of anilines is 1. The van der Waals surface area contributed by atoms with Crippen LogP contribution in [-0.2, 0) is 6.18 Å². The highest BCUT2D eigenvalue weighted by Gasteiger charge is 2.34. The number of nitrogens with two attached hydrogens (primary N) is 2. The molecule has 96 valence electrons. The van der Waals surface area contributed by atoms with Gasteiger partial charge in [0, 0.05) is 5.56 Å². The fourth-order valence-electron chi connectivity index (χ4n) is 1.38. The van der Waals surface area contributed by atoms with Crippen molar-refractivity contribution in [2.24, 2.45) is 0 Å². The zero-order valence-electron chi connectivity index (χ0n) is 8.74. The Morgan fingerprint density at radius 3 is 2.33 bits per heavy atom. The largest absolute Gasteiger partial charge is 0.419 e. The molecule has 9 heteroatoms. The van der Waals surface area contributed by atoms with Crippen molar-refractivity contribution in [3.05, 3.63) is 29.6 Å². The van der Waals surface area contributed by atoms with Gasteiger partial charge in [0.05, 0.1) is 5.56 Å². The van der Waals surface area contributed by atoms with Crippen molar-refractivity contribution in [1.29, 1.82) is 0 Å². The van der Waals surface area contributed by atoms with Crippen molar-refractivity contribution in [2.75, 3.05) is 11.6 Å². The molecule has 5 nitrogen and oxygen atoms in total. The molecule has 0 saturated heterocycles. The predicted octanol–water partition coefficient (Wildman–Crippen LogP) is 1.40. The van der Waals surface area contributed by atoms with E-state index < -0.39 is 17.6 Å². The van der Waals surface area contributed by atoms with Crippen LogP contribution in [0, 0.1) is 5.82 Å². The van der Waals surface area contributed by atoms with Crippen LogP contribution in [0.25, 0.3) is 11.4 Å². The Labute approximate surface area is 98.0 Å². The van der Waals surface area contributed by atoms with Crippen LogP contribution in [-0.4, -0.2) is 14.9 Å². The molecular formula is C9H7F4N5. The van der Waals surface area contributed by atoms with E-state index in [1.54, 1.807) is 0 Å². The smallest absolute Gasteiger partial charge is 0.366 e. The van der Waals surface area contributed by atoms with Gasteiger partial charge in [0.15, 0.2) is 5.82 Å². The molecule has 0 atom stereocenters. The second kappa shape index (κ2) is 3.86. The summed E-state index contributed by atoms with van der Waals surface area (Å²) in [6.45, 7) is 0. The number of nitrogen functional groups attached to an aromatic ring is 2. The molecule has 2 rings (SSSR count). The summed E-state index contributed by atoms with van der Waals surface area (Å²) in [5, 5.41) is 6.91. The van der Waals surface area contributed by atoms with E-state index in [9.17, 15) is 17.6 Å². The van der Waals surface area contributed by atoms with E-state index in [1.165, 1.54) is 0 Å². The summed E-state index contributed by atoms with van der Waals surface area (Å²) in [4.78, 5) is 0. The van der Waals surface area contributed by atoms with Crippen molar-refractivity contribution in [3.63, 3.8) is 0 Å². The summed E-state index contributed by atoms with van der Waals surface area (Å²) in [6, 6.07) is 2.39. The lowest BCUT2D eigenvalue weighted by Crippen LogP contribution is -2.14. The Balaban J connectivity index is 2.58. The topological polar surface area (TPSA) is 82.8 Å². The van der Waals surface area contributed by atoms with Crippen LogP contribution in [0.15, 0.2) is 18.2 Å². The maximum absolute atomic E-state index is 13.1. The number of benzene rings is 1. The van der Waals surface area contributed by atoms with Crippen molar-refractivity contribution in [1.82, 2.24) is 14.9 Å². The van der Waals surface area contributed by atoms with E-state index in [4.69, 9.17) is 11.6 Å². The fraction of sp³-hybridized carbons (Fsp3) is 0.111. The van der Waals surface area contributed by atoms with Crippen LogP contribution < -0.4 is 11.6 Å². The van der Waals surface area contributed by atoms with E-state index >= 15 is 0 Å². The van der Waals surface area contributed by atoms with Crippen LogP contribution in [0.5, 0.6) is 0 Å². The second-order valence-corrected chi connectivity index (χ2v) is 3.44. The number of hydrogen-bond acceptors (Lipinski definition) is 4. The summed E-state index contributed by atoms with van der Waals surface area (Å²) in [5.74, 6) is 3.80. The fourth-order valence-corrected chi connectivity index (χ4v) is 1.38. The number of nitrogens with zero attached hydrogens (tertiary/aromatic N) is 3. The van der Waals surface area contributed by atoms with Gasteiger partial charge in [-0.2, -0.15) is 13.2 Å². The average molecular weight is 261 g/mol. The number of aromatic nitrogens is 3. The molecule has 4 N–H and O–H groups in total. The van der Waals surface area contributed by atoms with Crippen LogP contribution in [0.4, 0.5) is 23.5 Å². The number of halogens is 4. The highest BCUT2D eigenvalue weighted by atomic mass is 19.4. The molecule has 1 heterocycles. The zero-order chi connectivity index (χ0) is 13.5. The Bertz CT molecular complexity index is 589. The lowest BCUT2D eigenvalue weighted by atomic mass is 10.1. The molecule has 18 heavy (non-hydrogen) atoms. The van der Waals surface area contributed by atoms with Gasteiger partial charge in [-0.05, 0) is 18.2 Å². The first kappa shape index (κ1) is 12.1. The maximum atomic E-state index is 13.1. The van der Waals surface area contributed by atoms with Gasteiger partial charge in [-0.15, -0.1) is 10.2 Å². The summed E-state index contributed by atoms with van der Waals surface area (Å²) in [5.41, 5.74) is 3.87. The second-order valence-electron chi connectivity index (χ2n) is 3.44. The standard InChI is InChI=1S/C9H7F4N5/c10-6-2-1-4(3-5(6)9(11,12)13)7-16-17-8(14)18(7)15/h1-3H,15H2,(H2,14,17). The SMILES string of the molecule is Nc1nnc(-c2ccc(F)c(C(F)(F)F)c2)n1N. The molecule has 0 radical (unpaired) electrons. The predicted molar refractivity (Wildman–Crippen MR) is 55.0 cm³/mol. The molecule has 0 aliphatic heterocycles. The first-order chi connectivity index (χ1) is 8.30. The first-order valence-electron chi connectivity index (χ1n) is 4.64. The van der Waals surface area contributed by atoms with Crippen molar-refractivity contribution >= 4 is 5.95 Å². The number of alkyl halides is 3. The molecule has 0 unspecified atom stereocenters. The van der Waals surface area contributed by atoms with E-state index in [0.717, 1.165) is 10.7 Å². The molecule has 0 saturated carbocycles. The molecule has 0 amide bonds. The zero-order valence-corrected chi connectivity index (χ0v) is 8.74. The molecular weight excluding hydrogens is 254 g/mol. The van der Waals surface area contributed by atoms with Gasteiger partial charge in [-0.1, -0.05) is 0 Å². The van der Waals surface area contributed by atoms with Crippen molar-refractivity contribution < 1.29 is 17.6 Å². The van der Waals surface area contributed by atoms with Gasteiger partial charge < -0.3 is 11.6 Å². The third-order valence-corrected chi connectivity index (χ3v) is 2.25. The lowest BCUT2D eigenvalue weighted by molar-refractivity contribution is -0.139. The number of rotatable bonds is 1. The monoisotopic (exact) mass is 261 g/mol. The van der Waals surface area contributed by atoms with Crippen LogP contribution in [0.2, 0.25) is 0 Å². The lowest BCUT2D eigenvalue weighted by Gasteiger charge is -2.09. The third kappa shape index (κ3) is 1.94. The van der Waals surface area contributed by atoms with Crippen LogP contribution >= 0.6 is 0 Å². The highest BCUT2D eigenvalue weighted by molar-refractivity contribution is 5.58. The van der Waals surface area contributed by atoms with Gasteiger partial charge in [0.2, 0.25) is 5.95 Å². The van der Waals surface area contributed by atoms with E-state index in [-0.39, 0.29) is 17.3 Å². The molecule has 1 aromatic heterocycles. The average Bonchev–Trinajstić information content (AvgIpc) is 2.59.